The van der Waals surface area contributed by atoms with Crippen LogP contribution in [-0.4, -0.2) is 7.11 Å². The maximum atomic E-state index is 6.55. The molecule has 1 unspecified atom stereocenters. The molecule has 3 heteroatoms. The van der Waals surface area contributed by atoms with Crippen molar-refractivity contribution < 1.29 is 4.74 Å². The number of ether oxygens (including phenoxy) is 1. The number of aryl methyl sites for hydroxylation is 2. The molecule has 0 N–H and O–H groups in total. The Labute approximate surface area is 111 Å². The van der Waals surface area contributed by atoms with Crippen molar-refractivity contribution in [2.75, 3.05) is 7.11 Å². The van der Waals surface area contributed by atoms with Gasteiger partial charge in [0.25, 0.3) is 0 Å². The van der Waals surface area contributed by atoms with E-state index < -0.39 is 0 Å². The molecule has 0 fully saturated rings. The summed E-state index contributed by atoms with van der Waals surface area (Å²) in [5.74, 6) is 0.873. The molecule has 1 atom stereocenters. The highest BCUT2D eigenvalue weighted by Gasteiger charge is 2.16. The summed E-state index contributed by atoms with van der Waals surface area (Å²) in [6.07, 6.45) is 0. The van der Waals surface area contributed by atoms with Gasteiger partial charge in [-0.25, -0.2) is 0 Å². The maximum absolute atomic E-state index is 6.55. The van der Waals surface area contributed by atoms with Gasteiger partial charge in [-0.15, -0.1) is 22.9 Å². The molecule has 2 rings (SSSR count). The molecule has 2 aromatic rings. The van der Waals surface area contributed by atoms with Crippen LogP contribution in [0.25, 0.3) is 0 Å². The van der Waals surface area contributed by atoms with Gasteiger partial charge in [-0.3, -0.25) is 0 Å². The summed E-state index contributed by atoms with van der Waals surface area (Å²) >= 11 is 8.26. The van der Waals surface area contributed by atoms with Gasteiger partial charge in [-0.05, 0) is 54.1 Å². The minimum Gasteiger partial charge on any atom is -0.497 e. The lowest BCUT2D eigenvalue weighted by atomic mass is 10.0. The van der Waals surface area contributed by atoms with Crippen LogP contribution in [0.3, 0.4) is 0 Å². The quantitative estimate of drug-likeness (QED) is 0.732. The first-order valence-electron chi connectivity index (χ1n) is 5.46. The van der Waals surface area contributed by atoms with Crippen LogP contribution in [0.15, 0.2) is 29.6 Å². The zero-order chi connectivity index (χ0) is 12.4. The minimum absolute atomic E-state index is 0.0686. The summed E-state index contributed by atoms with van der Waals surface area (Å²) in [6, 6.07) is 8.13. The number of methoxy groups -OCH3 is 1. The molecule has 0 saturated heterocycles. The van der Waals surface area contributed by atoms with Gasteiger partial charge in [0.15, 0.2) is 0 Å². The second-order valence-electron chi connectivity index (χ2n) is 4.05. The van der Waals surface area contributed by atoms with Crippen LogP contribution in [0, 0.1) is 13.8 Å². The van der Waals surface area contributed by atoms with E-state index in [1.165, 1.54) is 10.4 Å². The SMILES string of the molecule is COc1ccc(C(Cl)c2sccc2C)c(C)c1. The van der Waals surface area contributed by atoms with Gasteiger partial charge in [0, 0.05) is 4.88 Å². The molecule has 1 heterocycles. The van der Waals surface area contributed by atoms with Crippen LogP contribution in [0.4, 0.5) is 0 Å². The minimum atomic E-state index is -0.0686. The van der Waals surface area contributed by atoms with Gasteiger partial charge < -0.3 is 4.74 Å². The van der Waals surface area contributed by atoms with Crippen molar-refractivity contribution >= 4 is 22.9 Å². The van der Waals surface area contributed by atoms with E-state index in [1.54, 1.807) is 18.4 Å². The predicted octanol–water partition coefficient (Wildman–Crippen LogP) is 4.70. The van der Waals surface area contributed by atoms with E-state index in [1.807, 2.05) is 18.2 Å². The lowest BCUT2D eigenvalue weighted by Crippen LogP contribution is -1.96. The molecule has 90 valence electrons. The highest BCUT2D eigenvalue weighted by Crippen LogP contribution is 2.36. The van der Waals surface area contributed by atoms with Gasteiger partial charge in [-0.1, -0.05) is 6.07 Å². The Morgan fingerprint density at radius 2 is 1.94 bits per heavy atom. The monoisotopic (exact) mass is 266 g/mol. The van der Waals surface area contributed by atoms with Crippen molar-refractivity contribution in [2.45, 2.75) is 19.2 Å². The fourth-order valence-electron chi connectivity index (χ4n) is 1.84. The van der Waals surface area contributed by atoms with Gasteiger partial charge in [0.05, 0.1) is 12.5 Å². The van der Waals surface area contributed by atoms with E-state index in [4.69, 9.17) is 16.3 Å². The molecule has 1 aromatic carbocycles. The summed E-state index contributed by atoms with van der Waals surface area (Å²) in [7, 11) is 1.68. The molecule has 0 aliphatic carbocycles. The molecule has 0 radical (unpaired) electrons. The van der Waals surface area contributed by atoms with Crippen LogP contribution in [0.2, 0.25) is 0 Å². The largest absolute Gasteiger partial charge is 0.497 e. The Bertz CT molecular complexity index is 519. The molecule has 1 nitrogen and oxygen atoms in total. The van der Waals surface area contributed by atoms with Gasteiger partial charge in [-0.2, -0.15) is 0 Å². The Kier molecular flexibility index (Phi) is 3.75. The number of thiophene rings is 1. The standard InChI is InChI=1S/C14H15ClOS/c1-9-6-7-17-14(9)13(15)12-5-4-11(16-3)8-10(12)2/h4-8,13H,1-3H3. The summed E-state index contributed by atoms with van der Waals surface area (Å²) in [6.45, 7) is 4.16. The molecule has 0 bridgehead atoms. The van der Waals surface area contributed by atoms with Crippen LogP contribution in [0.5, 0.6) is 5.75 Å². The molecular formula is C14H15ClOS. The Morgan fingerprint density at radius 3 is 2.47 bits per heavy atom. The van der Waals surface area contributed by atoms with E-state index in [0.717, 1.165) is 16.9 Å². The van der Waals surface area contributed by atoms with E-state index in [0.29, 0.717) is 0 Å². The smallest absolute Gasteiger partial charge is 0.119 e. The Morgan fingerprint density at radius 1 is 1.18 bits per heavy atom. The zero-order valence-corrected chi connectivity index (χ0v) is 11.7. The molecule has 0 amide bonds. The molecule has 0 aliphatic rings. The average molecular weight is 267 g/mol. The molecule has 0 aliphatic heterocycles. The van der Waals surface area contributed by atoms with E-state index in [2.05, 4.69) is 25.3 Å². The first kappa shape index (κ1) is 12.5. The van der Waals surface area contributed by atoms with Gasteiger partial charge >= 0.3 is 0 Å². The Balaban J connectivity index is 2.38. The normalized spacial score (nSPS) is 12.5. The van der Waals surface area contributed by atoms with Crippen molar-refractivity contribution in [1.82, 2.24) is 0 Å². The summed E-state index contributed by atoms with van der Waals surface area (Å²) in [5.41, 5.74) is 3.57. The summed E-state index contributed by atoms with van der Waals surface area (Å²) in [4.78, 5) is 1.22. The fourth-order valence-corrected chi connectivity index (χ4v) is 3.34. The van der Waals surface area contributed by atoms with Crippen molar-refractivity contribution in [3.8, 4) is 5.75 Å². The highest BCUT2D eigenvalue weighted by molar-refractivity contribution is 7.10. The average Bonchev–Trinajstić information content (AvgIpc) is 2.74. The number of hydrogen-bond acceptors (Lipinski definition) is 2. The number of rotatable bonds is 3. The number of alkyl halides is 1. The lowest BCUT2D eigenvalue weighted by Gasteiger charge is -2.13. The molecular weight excluding hydrogens is 252 g/mol. The van der Waals surface area contributed by atoms with Crippen LogP contribution >= 0.6 is 22.9 Å². The third-order valence-electron chi connectivity index (χ3n) is 2.88. The van der Waals surface area contributed by atoms with Crippen molar-refractivity contribution in [2.24, 2.45) is 0 Å². The molecule has 1 aromatic heterocycles. The van der Waals surface area contributed by atoms with E-state index in [9.17, 15) is 0 Å². The summed E-state index contributed by atoms with van der Waals surface area (Å²) < 4.78 is 5.20. The van der Waals surface area contributed by atoms with Crippen molar-refractivity contribution in [3.05, 3.63) is 51.2 Å². The number of hydrogen-bond donors (Lipinski definition) is 0. The summed E-state index contributed by atoms with van der Waals surface area (Å²) in [5, 5.41) is 2.01. The molecule has 0 spiro atoms. The highest BCUT2D eigenvalue weighted by atomic mass is 35.5. The second kappa shape index (κ2) is 5.11. The van der Waals surface area contributed by atoms with E-state index >= 15 is 0 Å². The second-order valence-corrected chi connectivity index (χ2v) is 5.44. The Hall–Kier alpha value is -0.990. The van der Waals surface area contributed by atoms with E-state index in [-0.39, 0.29) is 5.38 Å². The van der Waals surface area contributed by atoms with Crippen molar-refractivity contribution in [1.29, 1.82) is 0 Å². The fraction of sp³-hybridized carbons (Fsp3) is 0.286. The number of halogens is 1. The first-order valence-corrected chi connectivity index (χ1v) is 6.77. The van der Waals surface area contributed by atoms with Gasteiger partial charge in [0.1, 0.15) is 5.75 Å². The molecule has 17 heavy (non-hydrogen) atoms. The van der Waals surface area contributed by atoms with Crippen molar-refractivity contribution in [3.63, 3.8) is 0 Å². The van der Waals surface area contributed by atoms with Gasteiger partial charge in [0.2, 0.25) is 0 Å². The third-order valence-corrected chi connectivity index (χ3v) is 4.55. The van der Waals surface area contributed by atoms with Crippen LogP contribution in [0.1, 0.15) is 26.9 Å². The molecule has 0 saturated carbocycles. The zero-order valence-electron chi connectivity index (χ0n) is 10.2. The van der Waals surface area contributed by atoms with Crippen LogP contribution < -0.4 is 4.74 Å². The predicted molar refractivity (Wildman–Crippen MR) is 74.5 cm³/mol. The van der Waals surface area contributed by atoms with Crippen LogP contribution in [-0.2, 0) is 0 Å². The first-order chi connectivity index (χ1) is 8.13. The maximum Gasteiger partial charge on any atom is 0.119 e. The third kappa shape index (κ3) is 2.48. The number of benzene rings is 1. The topological polar surface area (TPSA) is 9.23 Å². The lowest BCUT2D eigenvalue weighted by molar-refractivity contribution is 0.414.